The van der Waals surface area contributed by atoms with Gasteiger partial charge < -0.3 is 10.2 Å². The van der Waals surface area contributed by atoms with Crippen LogP contribution in [-0.2, 0) is 6.54 Å². The van der Waals surface area contributed by atoms with Crippen molar-refractivity contribution in [3.63, 3.8) is 0 Å². The average molecular weight is 288 g/mol. The van der Waals surface area contributed by atoms with Crippen molar-refractivity contribution in [1.29, 1.82) is 0 Å². The summed E-state index contributed by atoms with van der Waals surface area (Å²) >= 11 is 1.77. The number of nitrogens with zero attached hydrogens (tertiary/aromatic N) is 1. The van der Waals surface area contributed by atoms with Crippen molar-refractivity contribution in [2.24, 2.45) is 0 Å². The third-order valence-electron chi connectivity index (χ3n) is 3.66. The molecule has 1 N–H and O–H groups in total. The molecule has 0 fully saturated rings. The summed E-state index contributed by atoms with van der Waals surface area (Å²) in [5, 5.41) is 7.80. The van der Waals surface area contributed by atoms with E-state index >= 15 is 0 Å². The Kier molecular flexibility index (Phi) is 5.77. The van der Waals surface area contributed by atoms with Crippen molar-refractivity contribution in [2.45, 2.75) is 25.9 Å². The van der Waals surface area contributed by atoms with Crippen LogP contribution >= 0.6 is 11.3 Å². The number of thiophene rings is 1. The summed E-state index contributed by atoms with van der Waals surface area (Å²) in [6, 6.07) is 11.5. The Balaban J connectivity index is 1.85. The number of benzene rings is 1. The smallest absolute Gasteiger partial charge is 0.0329 e. The molecule has 20 heavy (non-hydrogen) atoms. The molecule has 0 aliphatic carbocycles. The topological polar surface area (TPSA) is 15.3 Å². The van der Waals surface area contributed by atoms with Gasteiger partial charge in [-0.2, -0.15) is 11.3 Å². The Labute approximate surface area is 126 Å². The summed E-state index contributed by atoms with van der Waals surface area (Å²) < 4.78 is 0. The van der Waals surface area contributed by atoms with Crippen LogP contribution in [0.25, 0.3) is 0 Å². The monoisotopic (exact) mass is 288 g/mol. The Hall–Kier alpha value is -1.16. The van der Waals surface area contributed by atoms with E-state index in [1.165, 1.54) is 16.7 Å². The van der Waals surface area contributed by atoms with Crippen LogP contribution in [0.4, 0.5) is 0 Å². The van der Waals surface area contributed by atoms with Crippen molar-refractivity contribution in [3.8, 4) is 0 Å². The van der Waals surface area contributed by atoms with Crippen LogP contribution in [0.1, 0.15) is 29.2 Å². The minimum absolute atomic E-state index is 0.431. The Morgan fingerprint density at radius 3 is 2.55 bits per heavy atom. The maximum atomic E-state index is 3.43. The van der Waals surface area contributed by atoms with E-state index in [4.69, 9.17) is 0 Å². The molecular formula is C17H24N2S. The van der Waals surface area contributed by atoms with E-state index in [0.29, 0.717) is 6.04 Å². The molecule has 108 valence electrons. The van der Waals surface area contributed by atoms with E-state index in [9.17, 15) is 0 Å². The van der Waals surface area contributed by atoms with Crippen LogP contribution in [0.3, 0.4) is 0 Å². The fraction of sp³-hybridized carbons (Fsp3) is 0.412. The SMILES string of the molecule is CNC(CCN(C)Cc1ccsc1)c1ccc(C)cc1. The molecule has 0 spiro atoms. The van der Waals surface area contributed by atoms with Gasteiger partial charge in [-0.05, 0) is 61.9 Å². The minimum atomic E-state index is 0.431. The molecular weight excluding hydrogens is 264 g/mol. The zero-order chi connectivity index (χ0) is 14.4. The van der Waals surface area contributed by atoms with E-state index in [1.54, 1.807) is 11.3 Å². The van der Waals surface area contributed by atoms with E-state index in [1.807, 2.05) is 7.05 Å². The van der Waals surface area contributed by atoms with Gasteiger partial charge >= 0.3 is 0 Å². The Morgan fingerprint density at radius 2 is 1.95 bits per heavy atom. The molecule has 1 aromatic heterocycles. The summed E-state index contributed by atoms with van der Waals surface area (Å²) in [7, 11) is 4.24. The fourth-order valence-electron chi connectivity index (χ4n) is 2.40. The van der Waals surface area contributed by atoms with Crippen molar-refractivity contribution in [3.05, 3.63) is 57.8 Å². The van der Waals surface area contributed by atoms with E-state index in [2.05, 4.69) is 65.3 Å². The lowest BCUT2D eigenvalue weighted by atomic mass is 10.0. The van der Waals surface area contributed by atoms with Gasteiger partial charge in [-0.1, -0.05) is 29.8 Å². The van der Waals surface area contributed by atoms with Crippen LogP contribution in [0, 0.1) is 6.92 Å². The first-order chi connectivity index (χ1) is 9.69. The van der Waals surface area contributed by atoms with Gasteiger partial charge in [-0.15, -0.1) is 0 Å². The average Bonchev–Trinajstić information content (AvgIpc) is 2.94. The van der Waals surface area contributed by atoms with Crippen LogP contribution in [0.15, 0.2) is 41.1 Å². The number of hydrogen-bond acceptors (Lipinski definition) is 3. The summed E-state index contributed by atoms with van der Waals surface area (Å²) in [6.07, 6.45) is 1.13. The van der Waals surface area contributed by atoms with Gasteiger partial charge in [-0.25, -0.2) is 0 Å². The molecule has 0 aliphatic heterocycles. The zero-order valence-corrected chi connectivity index (χ0v) is 13.4. The molecule has 2 aromatic rings. The second-order valence-electron chi connectivity index (χ2n) is 5.41. The molecule has 1 heterocycles. The second-order valence-corrected chi connectivity index (χ2v) is 6.19. The summed E-state index contributed by atoms with van der Waals surface area (Å²) in [4.78, 5) is 2.39. The first kappa shape index (κ1) is 15.2. The highest BCUT2D eigenvalue weighted by molar-refractivity contribution is 7.07. The number of aryl methyl sites for hydroxylation is 1. The molecule has 1 unspecified atom stereocenters. The molecule has 0 amide bonds. The van der Waals surface area contributed by atoms with E-state index < -0.39 is 0 Å². The normalized spacial score (nSPS) is 12.8. The Bertz CT molecular complexity index is 490. The predicted octanol–water partition coefficient (Wildman–Crippen LogP) is 3.84. The van der Waals surface area contributed by atoms with Gasteiger partial charge in [-0.3, -0.25) is 0 Å². The standard InChI is InChI=1S/C17H24N2S/c1-14-4-6-16(7-5-14)17(18-2)8-10-19(3)12-15-9-11-20-13-15/h4-7,9,11,13,17-18H,8,10,12H2,1-3H3. The largest absolute Gasteiger partial charge is 0.313 e. The predicted molar refractivity (Wildman–Crippen MR) is 88.2 cm³/mol. The van der Waals surface area contributed by atoms with Crippen molar-refractivity contribution >= 4 is 11.3 Å². The van der Waals surface area contributed by atoms with Crippen molar-refractivity contribution < 1.29 is 0 Å². The van der Waals surface area contributed by atoms with E-state index in [-0.39, 0.29) is 0 Å². The highest BCUT2D eigenvalue weighted by Gasteiger charge is 2.10. The van der Waals surface area contributed by atoms with Gasteiger partial charge in [0.05, 0.1) is 0 Å². The summed E-state index contributed by atoms with van der Waals surface area (Å²) in [5.74, 6) is 0. The lowest BCUT2D eigenvalue weighted by molar-refractivity contribution is 0.304. The molecule has 3 heteroatoms. The minimum Gasteiger partial charge on any atom is -0.313 e. The van der Waals surface area contributed by atoms with Gasteiger partial charge in [0.2, 0.25) is 0 Å². The van der Waals surface area contributed by atoms with Gasteiger partial charge in [0.25, 0.3) is 0 Å². The molecule has 1 atom stereocenters. The zero-order valence-electron chi connectivity index (χ0n) is 12.6. The van der Waals surface area contributed by atoms with Crippen LogP contribution in [0.2, 0.25) is 0 Å². The highest BCUT2D eigenvalue weighted by atomic mass is 32.1. The molecule has 1 aromatic carbocycles. The van der Waals surface area contributed by atoms with Gasteiger partial charge in [0.15, 0.2) is 0 Å². The molecule has 0 bridgehead atoms. The van der Waals surface area contributed by atoms with Crippen LogP contribution < -0.4 is 5.32 Å². The Morgan fingerprint density at radius 1 is 1.20 bits per heavy atom. The third-order valence-corrected chi connectivity index (χ3v) is 4.39. The lowest BCUT2D eigenvalue weighted by Crippen LogP contribution is -2.25. The molecule has 2 rings (SSSR count). The maximum Gasteiger partial charge on any atom is 0.0329 e. The maximum absolute atomic E-state index is 3.43. The van der Waals surface area contributed by atoms with Gasteiger partial charge in [0.1, 0.15) is 0 Å². The van der Waals surface area contributed by atoms with Crippen LogP contribution in [0.5, 0.6) is 0 Å². The lowest BCUT2D eigenvalue weighted by Gasteiger charge is -2.21. The van der Waals surface area contributed by atoms with Gasteiger partial charge in [0, 0.05) is 12.6 Å². The molecule has 0 saturated carbocycles. The fourth-order valence-corrected chi connectivity index (χ4v) is 3.06. The molecule has 0 saturated heterocycles. The quantitative estimate of drug-likeness (QED) is 0.833. The first-order valence-corrected chi connectivity index (χ1v) is 8.07. The molecule has 0 radical (unpaired) electrons. The molecule has 2 nitrogen and oxygen atoms in total. The van der Waals surface area contributed by atoms with Crippen molar-refractivity contribution in [2.75, 3.05) is 20.6 Å². The highest BCUT2D eigenvalue weighted by Crippen LogP contribution is 2.18. The molecule has 0 aliphatic rings. The second kappa shape index (κ2) is 7.58. The van der Waals surface area contributed by atoms with E-state index in [0.717, 1.165) is 19.5 Å². The number of rotatable bonds is 7. The first-order valence-electron chi connectivity index (χ1n) is 7.12. The van der Waals surface area contributed by atoms with Crippen molar-refractivity contribution in [1.82, 2.24) is 10.2 Å². The van der Waals surface area contributed by atoms with Crippen LogP contribution in [-0.4, -0.2) is 25.5 Å². The third kappa shape index (κ3) is 4.44. The summed E-state index contributed by atoms with van der Waals surface area (Å²) in [5.41, 5.74) is 4.11. The summed E-state index contributed by atoms with van der Waals surface area (Å²) in [6.45, 7) is 4.26. The number of nitrogens with one attached hydrogen (secondary N) is 1. The number of hydrogen-bond donors (Lipinski definition) is 1.